The van der Waals surface area contributed by atoms with Crippen LogP contribution < -0.4 is 10.6 Å². The van der Waals surface area contributed by atoms with E-state index in [9.17, 15) is 0 Å². The van der Waals surface area contributed by atoms with Crippen molar-refractivity contribution in [2.24, 2.45) is 0 Å². The van der Waals surface area contributed by atoms with E-state index in [1.54, 1.807) is 0 Å². The van der Waals surface area contributed by atoms with E-state index < -0.39 is 8.07 Å². The Bertz CT molecular complexity index is 2510. The molecule has 6 aromatic rings. The van der Waals surface area contributed by atoms with Crippen molar-refractivity contribution in [3.8, 4) is 55.6 Å². The fourth-order valence-electron chi connectivity index (χ4n) is 11.0. The summed E-state index contributed by atoms with van der Waals surface area (Å²) in [7, 11) is 4.85. The van der Waals surface area contributed by atoms with Gasteiger partial charge < -0.3 is 0 Å². The highest BCUT2D eigenvalue weighted by atomic mass is 28.3. The average Bonchev–Trinajstić information content (AvgIpc) is 3.40. The van der Waals surface area contributed by atoms with E-state index >= 15 is 0 Å². The molecule has 0 heterocycles. The van der Waals surface area contributed by atoms with E-state index in [-0.39, 0.29) is 0 Å². The van der Waals surface area contributed by atoms with Crippen molar-refractivity contribution in [2.45, 2.75) is 174 Å². The van der Waals surface area contributed by atoms with Gasteiger partial charge in [-0.3, -0.25) is 0 Å². The van der Waals surface area contributed by atoms with E-state index in [4.69, 9.17) is 7.85 Å². The van der Waals surface area contributed by atoms with Crippen LogP contribution in [0, 0.1) is 0 Å². The molecule has 0 saturated carbocycles. The Kier molecular flexibility index (Phi) is 22.8. The Morgan fingerprint density at radius 2 is 0.606 bits per heavy atom. The number of hydrogen-bond donors (Lipinski definition) is 0. The van der Waals surface area contributed by atoms with Crippen LogP contribution in [-0.4, -0.2) is 15.9 Å². The predicted octanol–water partition coefficient (Wildman–Crippen LogP) is 19.5. The van der Waals surface area contributed by atoms with Crippen LogP contribution in [0.2, 0.25) is 18.1 Å². The molecule has 0 spiro atoms. The first kappa shape index (κ1) is 55.1. The van der Waals surface area contributed by atoms with Crippen LogP contribution in [0.15, 0.2) is 159 Å². The number of hydrogen-bond acceptors (Lipinski definition) is 0. The number of aryl methyl sites for hydroxylation is 4. The van der Waals surface area contributed by atoms with Gasteiger partial charge >= 0.3 is 0 Å². The Balaban J connectivity index is 1.27. The molecule has 0 aromatic heterocycles. The molecule has 0 bridgehead atoms. The van der Waals surface area contributed by atoms with Crippen molar-refractivity contribution in [3.63, 3.8) is 0 Å². The van der Waals surface area contributed by atoms with Gasteiger partial charge in [0.15, 0.2) is 0 Å². The van der Waals surface area contributed by atoms with Gasteiger partial charge in [-0.1, -0.05) is 261 Å². The van der Waals surface area contributed by atoms with Crippen LogP contribution in [0.25, 0.3) is 55.6 Å². The van der Waals surface area contributed by atoms with Gasteiger partial charge in [-0.05, 0) is 142 Å². The maximum atomic E-state index is 6.71. The molecule has 0 unspecified atom stereocenters. The summed E-state index contributed by atoms with van der Waals surface area (Å²) >= 11 is 0. The van der Waals surface area contributed by atoms with E-state index in [0.29, 0.717) is 0 Å². The molecule has 2 heteroatoms. The fraction of sp³-hybridized carbons (Fsp3) is 0.391. The molecule has 0 aliphatic heterocycles. The Morgan fingerprint density at radius 1 is 0.338 bits per heavy atom. The minimum absolute atomic E-state index is 0.968. The van der Waals surface area contributed by atoms with Gasteiger partial charge in [-0.25, -0.2) is 0 Å². The van der Waals surface area contributed by atoms with Gasteiger partial charge in [0.25, 0.3) is 0 Å². The minimum atomic E-state index is -1.86. The van der Waals surface area contributed by atoms with Crippen molar-refractivity contribution in [1.29, 1.82) is 0 Å². The maximum absolute atomic E-state index is 6.71. The van der Waals surface area contributed by atoms with E-state index in [2.05, 4.69) is 187 Å². The molecule has 6 rings (SSSR count). The summed E-state index contributed by atoms with van der Waals surface area (Å²) in [6.45, 7) is 21.7. The van der Waals surface area contributed by atoms with Gasteiger partial charge in [-0.2, -0.15) is 0 Å². The minimum Gasteiger partial charge on any atom is -0.103 e. The highest BCUT2D eigenvalue weighted by Gasteiger charge is 2.31. The lowest BCUT2D eigenvalue weighted by Crippen LogP contribution is -2.46. The second-order valence-corrected chi connectivity index (χ2v) is 25.0. The molecule has 6 aromatic carbocycles. The van der Waals surface area contributed by atoms with Crippen LogP contribution in [0.3, 0.4) is 0 Å². The molecular formula is C69H87BSi. The molecule has 0 saturated heterocycles. The van der Waals surface area contributed by atoms with E-state index in [0.717, 1.165) is 49.3 Å². The summed E-state index contributed by atoms with van der Waals surface area (Å²) in [5.74, 6) is 0. The number of rotatable bonds is 32. The first-order valence-electron chi connectivity index (χ1n) is 28.1. The zero-order chi connectivity index (χ0) is 50.3. The second kappa shape index (κ2) is 29.4. The SMILES string of the molecule is [B]c1cc(CCCCCC)c(-c2ccc(-c3ccc(-c4ccc(-c5cc(CCCCCC)c(-c6ccc([Si](CC=C)(CC=C)CC=C)cc6)cc5CCCCCC)cc4)cc3)cc2)cc1CCCCCC. The third-order valence-corrected chi connectivity index (χ3v) is 20.0. The summed E-state index contributed by atoms with van der Waals surface area (Å²) in [5.41, 5.74) is 19.7. The third kappa shape index (κ3) is 15.4. The molecular weight excluding hydrogens is 868 g/mol. The highest BCUT2D eigenvalue weighted by Crippen LogP contribution is 2.37. The monoisotopic (exact) mass is 955 g/mol. The van der Waals surface area contributed by atoms with Crippen LogP contribution in [0.4, 0.5) is 0 Å². The molecule has 0 fully saturated rings. The molecule has 0 amide bonds. The highest BCUT2D eigenvalue weighted by molar-refractivity contribution is 6.92. The molecule has 0 aliphatic carbocycles. The number of unbranched alkanes of at least 4 members (excludes halogenated alkanes) is 12. The third-order valence-electron chi connectivity index (χ3n) is 15.2. The predicted molar refractivity (Wildman–Crippen MR) is 321 cm³/mol. The van der Waals surface area contributed by atoms with Gasteiger partial charge in [0, 0.05) is 0 Å². The molecule has 0 N–H and O–H groups in total. The van der Waals surface area contributed by atoms with Crippen molar-refractivity contribution >= 4 is 26.6 Å². The van der Waals surface area contributed by atoms with Crippen LogP contribution in [-0.2, 0) is 25.7 Å². The zero-order valence-corrected chi connectivity index (χ0v) is 45.7. The molecule has 2 radical (unpaired) electrons. The quantitative estimate of drug-likeness (QED) is 0.0225. The normalized spacial score (nSPS) is 11.5. The van der Waals surface area contributed by atoms with Gasteiger partial charge in [0.1, 0.15) is 7.85 Å². The second-order valence-electron chi connectivity index (χ2n) is 20.7. The summed E-state index contributed by atoms with van der Waals surface area (Å²) in [5, 5.41) is 1.48. The molecule has 370 valence electrons. The average molecular weight is 955 g/mol. The molecule has 0 atom stereocenters. The van der Waals surface area contributed by atoms with E-state index in [1.165, 1.54) is 186 Å². The lowest BCUT2D eigenvalue weighted by molar-refractivity contribution is 0.664. The van der Waals surface area contributed by atoms with Crippen molar-refractivity contribution < 1.29 is 0 Å². The van der Waals surface area contributed by atoms with Crippen LogP contribution >= 0.6 is 0 Å². The van der Waals surface area contributed by atoms with Crippen molar-refractivity contribution in [1.82, 2.24) is 0 Å². The van der Waals surface area contributed by atoms with Gasteiger partial charge in [-0.15, -0.1) is 19.7 Å². The van der Waals surface area contributed by atoms with Crippen LogP contribution in [0.1, 0.15) is 153 Å². The summed E-state index contributed by atoms with van der Waals surface area (Å²) in [6, 6.07) is 50.5. The van der Waals surface area contributed by atoms with Gasteiger partial charge in [0.05, 0.1) is 8.07 Å². The lowest BCUT2D eigenvalue weighted by atomic mass is 9.82. The maximum Gasteiger partial charge on any atom is 0.114 e. The summed E-state index contributed by atoms with van der Waals surface area (Å²) in [4.78, 5) is 0. The van der Waals surface area contributed by atoms with Crippen molar-refractivity contribution in [3.05, 3.63) is 182 Å². The molecule has 0 aliphatic rings. The standard InChI is InChI=1S/C69H87BSi/c1-8-15-19-23-27-61-51-67(60-43-45-65(46-44-60)71(47-12-5,48-13-6)49-14-7)62(28-24-20-16-9-2)50-66(61)58-39-35-56(36-40-58)54-31-33-55(34-32-54)57-37-41-59(42-38-57)68-52-64(30-26-22-18-11-4)69(70)53-63(68)29-25-21-17-10-3/h12-14,31-46,50-53H,5-11,15-30,47-49H2,1-4H3. The smallest absolute Gasteiger partial charge is 0.103 e. The topological polar surface area (TPSA) is 0 Å². The largest absolute Gasteiger partial charge is 0.114 e. The fourth-order valence-corrected chi connectivity index (χ4v) is 14.7. The zero-order valence-electron chi connectivity index (χ0n) is 44.7. The van der Waals surface area contributed by atoms with Crippen LogP contribution in [0.5, 0.6) is 0 Å². The van der Waals surface area contributed by atoms with E-state index in [1.807, 2.05) is 0 Å². The van der Waals surface area contributed by atoms with Gasteiger partial charge in [0.2, 0.25) is 0 Å². The summed E-state index contributed by atoms with van der Waals surface area (Å²) < 4.78 is 0. The Morgan fingerprint density at radius 3 is 0.915 bits per heavy atom. The van der Waals surface area contributed by atoms with Crippen molar-refractivity contribution in [2.75, 3.05) is 0 Å². The Labute approximate surface area is 435 Å². The first-order valence-corrected chi connectivity index (χ1v) is 30.8. The molecule has 71 heavy (non-hydrogen) atoms. The number of benzene rings is 6. The lowest BCUT2D eigenvalue weighted by Gasteiger charge is -2.29. The number of allylic oxidation sites excluding steroid dienone is 3. The first-order chi connectivity index (χ1) is 34.8. The molecule has 0 nitrogen and oxygen atoms in total. The Hall–Kier alpha value is -5.18. The summed E-state index contributed by atoms with van der Waals surface area (Å²) in [6.07, 6.45) is 30.7.